The summed E-state index contributed by atoms with van der Waals surface area (Å²) in [5, 5.41) is 3.30. The van der Waals surface area contributed by atoms with Crippen molar-refractivity contribution in [2.75, 3.05) is 25.1 Å². The second-order valence-corrected chi connectivity index (χ2v) is 9.80. The topological polar surface area (TPSA) is 67.9 Å². The van der Waals surface area contributed by atoms with Crippen molar-refractivity contribution in [3.63, 3.8) is 0 Å². The molecular weight excluding hydrogens is 485 g/mol. The van der Waals surface area contributed by atoms with Crippen LogP contribution in [0.1, 0.15) is 54.4 Å². The molecule has 0 bridgehead atoms. The third-order valence-electron chi connectivity index (χ3n) is 7.50. The van der Waals surface area contributed by atoms with E-state index in [4.69, 9.17) is 4.74 Å². The first-order valence-electron chi connectivity index (χ1n) is 12.8. The summed E-state index contributed by atoms with van der Waals surface area (Å²) in [4.78, 5) is 27.2. The predicted octanol–water partition coefficient (Wildman–Crippen LogP) is 5.51. The van der Waals surface area contributed by atoms with Crippen LogP contribution in [0.4, 0.5) is 18.9 Å². The SMILES string of the molecule is COC(=O)c1ccccc1CC[C@@H]1CCC[C@@H]1NC(=O)C1CCN(c2ccc(OC(F)(F)F)cc2)CC1. The standard InChI is InChI=1S/C28H33F3N2O4/c1-36-27(35)24-7-3-2-5-19(24)9-10-20-6-4-8-25(20)32-26(34)21-15-17-33(18-16-21)22-11-13-23(14-12-22)37-28(29,30)31/h2-3,5,7,11-14,20-21,25H,4,6,8-10,15-18H2,1H3,(H,32,34)/t20-,25-/m0/s1. The Balaban J connectivity index is 1.26. The number of methoxy groups -OCH3 is 1. The zero-order chi connectivity index (χ0) is 26.4. The Hall–Kier alpha value is -3.23. The average molecular weight is 519 g/mol. The zero-order valence-electron chi connectivity index (χ0n) is 20.9. The van der Waals surface area contributed by atoms with Crippen molar-refractivity contribution in [3.8, 4) is 5.75 Å². The first-order chi connectivity index (χ1) is 17.7. The van der Waals surface area contributed by atoms with Crippen molar-refractivity contribution in [3.05, 3.63) is 59.7 Å². The Labute approximate surface area is 215 Å². The van der Waals surface area contributed by atoms with Crippen LogP contribution in [0.25, 0.3) is 0 Å². The molecule has 1 aliphatic heterocycles. The van der Waals surface area contributed by atoms with Gasteiger partial charge in [0.15, 0.2) is 0 Å². The molecule has 1 heterocycles. The minimum Gasteiger partial charge on any atom is -0.465 e. The van der Waals surface area contributed by atoms with Crippen LogP contribution in [0.5, 0.6) is 5.75 Å². The summed E-state index contributed by atoms with van der Waals surface area (Å²) in [5.41, 5.74) is 2.38. The molecule has 2 fully saturated rings. The number of nitrogens with one attached hydrogen (secondary N) is 1. The zero-order valence-corrected chi connectivity index (χ0v) is 20.9. The van der Waals surface area contributed by atoms with Crippen LogP contribution in [0.3, 0.4) is 0 Å². The van der Waals surface area contributed by atoms with Crippen molar-refractivity contribution in [1.82, 2.24) is 5.32 Å². The first kappa shape index (κ1) is 26.8. The van der Waals surface area contributed by atoms with Gasteiger partial charge in [-0.3, -0.25) is 4.79 Å². The van der Waals surface area contributed by atoms with Gasteiger partial charge in [0.25, 0.3) is 0 Å². The van der Waals surface area contributed by atoms with Crippen LogP contribution in [-0.4, -0.2) is 44.5 Å². The molecule has 1 saturated heterocycles. The number of halogens is 3. The molecule has 1 aliphatic carbocycles. The van der Waals surface area contributed by atoms with E-state index in [0.29, 0.717) is 37.4 Å². The lowest BCUT2D eigenvalue weighted by Gasteiger charge is -2.34. The molecule has 0 spiro atoms. The summed E-state index contributed by atoms with van der Waals surface area (Å²) in [7, 11) is 1.38. The highest BCUT2D eigenvalue weighted by molar-refractivity contribution is 5.91. The highest BCUT2D eigenvalue weighted by atomic mass is 19.4. The molecule has 0 radical (unpaired) electrons. The van der Waals surface area contributed by atoms with Gasteiger partial charge in [0.1, 0.15) is 5.75 Å². The van der Waals surface area contributed by atoms with Gasteiger partial charge in [-0.2, -0.15) is 0 Å². The fraction of sp³-hybridized carbons (Fsp3) is 0.500. The summed E-state index contributed by atoms with van der Waals surface area (Å²) < 4.78 is 46.0. The van der Waals surface area contributed by atoms with Crippen molar-refractivity contribution in [2.24, 2.45) is 11.8 Å². The lowest BCUT2D eigenvalue weighted by molar-refractivity contribution is -0.274. The summed E-state index contributed by atoms with van der Waals surface area (Å²) in [6, 6.07) is 13.5. The fourth-order valence-electron chi connectivity index (χ4n) is 5.52. The first-order valence-corrected chi connectivity index (χ1v) is 12.8. The highest BCUT2D eigenvalue weighted by Gasteiger charge is 2.33. The van der Waals surface area contributed by atoms with Crippen molar-refractivity contribution >= 4 is 17.6 Å². The maximum atomic E-state index is 13.1. The smallest absolute Gasteiger partial charge is 0.465 e. The molecule has 4 rings (SSSR count). The van der Waals surface area contributed by atoms with Crippen LogP contribution < -0.4 is 15.0 Å². The monoisotopic (exact) mass is 518 g/mol. The third-order valence-corrected chi connectivity index (χ3v) is 7.50. The normalized spacial score (nSPS) is 20.5. The minimum atomic E-state index is -4.71. The van der Waals surface area contributed by atoms with Crippen LogP contribution in [-0.2, 0) is 16.0 Å². The van der Waals surface area contributed by atoms with Gasteiger partial charge in [-0.25, -0.2) is 4.79 Å². The lowest BCUT2D eigenvalue weighted by Crippen LogP contribution is -2.45. The number of anilines is 1. The Morgan fingerprint density at radius 1 is 1.00 bits per heavy atom. The van der Waals surface area contributed by atoms with Gasteiger partial charge < -0.3 is 19.7 Å². The number of carbonyl (C=O) groups excluding carboxylic acids is 2. The quantitative estimate of drug-likeness (QED) is 0.467. The van der Waals surface area contributed by atoms with Crippen LogP contribution in [0.2, 0.25) is 0 Å². The molecule has 1 amide bonds. The largest absolute Gasteiger partial charge is 0.573 e. The van der Waals surface area contributed by atoms with Gasteiger partial charge in [0.2, 0.25) is 5.91 Å². The highest BCUT2D eigenvalue weighted by Crippen LogP contribution is 2.32. The Morgan fingerprint density at radius 3 is 2.38 bits per heavy atom. The maximum absolute atomic E-state index is 13.1. The minimum absolute atomic E-state index is 0.0783. The van der Waals surface area contributed by atoms with E-state index < -0.39 is 6.36 Å². The number of carbonyl (C=O) groups is 2. The molecule has 2 atom stereocenters. The van der Waals surface area contributed by atoms with Gasteiger partial charge in [-0.05, 0) is 80.3 Å². The van der Waals surface area contributed by atoms with E-state index in [9.17, 15) is 22.8 Å². The van der Waals surface area contributed by atoms with Gasteiger partial charge in [0, 0.05) is 30.7 Å². The predicted molar refractivity (Wildman–Crippen MR) is 133 cm³/mol. The van der Waals surface area contributed by atoms with Crippen molar-refractivity contribution in [1.29, 1.82) is 0 Å². The molecular formula is C28H33F3N2O4. The summed E-state index contributed by atoms with van der Waals surface area (Å²) in [5.74, 6) is -0.202. The van der Waals surface area contributed by atoms with Crippen molar-refractivity contribution in [2.45, 2.75) is 57.3 Å². The number of piperidine rings is 1. The number of benzene rings is 2. The molecule has 200 valence electrons. The molecule has 6 nitrogen and oxygen atoms in total. The Morgan fingerprint density at radius 2 is 1.70 bits per heavy atom. The van der Waals surface area contributed by atoms with Gasteiger partial charge in [0.05, 0.1) is 12.7 Å². The van der Waals surface area contributed by atoms with E-state index >= 15 is 0 Å². The number of hydrogen-bond donors (Lipinski definition) is 1. The number of nitrogens with zero attached hydrogens (tertiary/aromatic N) is 1. The summed E-state index contributed by atoms with van der Waals surface area (Å²) >= 11 is 0. The van der Waals surface area contributed by atoms with Crippen LogP contribution in [0, 0.1) is 11.8 Å². The number of amides is 1. The lowest BCUT2D eigenvalue weighted by atomic mass is 9.91. The van der Waals surface area contributed by atoms with Crippen LogP contribution >= 0.6 is 0 Å². The third kappa shape index (κ3) is 7.17. The molecule has 37 heavy (non-hydrogen) atoms. The number of aryl methyl sites for hydroxylation is 1. The number of hydrogen-bond acceptors (Lipinski definition) is 5. The molecule has 0 unspecified atom stereocenters. The molecule has 2 aromatic carbocycles. The van der Waals surface area contributed by atoms with E-state index in [1.807, 2.05) is 18.2 Å². The average Bonchev–Trinajstić information content (AvgIpc) is 3.33. The summed E-state index contributed by atoms with van der Waals surface area (Å²) in [6.45, 7) is 1.33. The molecule has 2 aromatic rings. The van der Waals surface area contributed by atoms with Gasteiger partial charge in [-0.1, -0.05) is 24.6 Å². The molecule has 1 N–H and O–H groups in total. The second-order valence-electron chi connectivity index (χ2n) is 9.80. The van der Waals surface area contributed by atoms with Gasteiger partial charge >= 0.3 is 12.3 Å². The number of alkyl halides is 3. The molecule has 0 aromatic heterocycles. The van der Waals surface area contributed by atoms with Gasteiger partial charge in [-0.15, -0.1) is 13.2 Å². The van der Waals surface area contributed by atoms with Crippen molar-refractivity contribution < 1.29 is 32.2 Å². The number of esters is 1. The Bertz CT molecular complexity index is 1070. The van der Waals surface area contributed by atoms with E-state index in [1.165, 1.54) is 19.2 Å². The Kier molecular flexibility index (Phi) is 8.61. The summed E-state index contributed by atoms with van der Waals surface area (Å²) in [6.07, 6.45) is 1.41. The second kappa shape index (κ2) is 11.9. The molecule has 2 aliphatic rings. The molecule has 1 saturated carbocycles. The fourth-order valence-corrected chi connectivity index (χ4v) is 5.52. The maximum Gasteiger partial charge on any atom is 0.573 e. The van der Waals surface area contributed by atoms with E-state index in [1.54, 1.807) is 18.2 Å². The number of ether oxygens (including phenoxy) is 2. The van der Waals surface area contributed by atoms with E-state index in [0.717, 1.165) is 43.4 Å². The van der Waals surface area contributed by atoms with E-state index in [-0.39, 0.29) is 29.6 Å². The van der Waals surface area contributed by atoms with E-state index in [2.05, 4.69) is 15.0 Å². The molecule has 9 heteroatoms. The van der Waals surface area contributed by atoms with Crippen LogP contribution in [0.15, 0.2) is 48.5 Å². The number of rotatable bonds is 8.